The lowest BCUT2D eigenvalue weighted by molar-refractivity contribution is -0.136. The van der Waals surface area contributed by atoms with E-state index in [9.17, 15) is 23.2 Å². The first kappa shape index (κ1) is 20.3. The molecule has 0 aliphatic carbocycles. The molecular weight excluding hydrogens is 366 g/mol. The first-order valence-electron chi connectivity index (χ1n) is 7.98. The van der Waals surface area contributed by atoms with E-state index in [-0.39, 0.29) is 43.3 Å². The van der Waals surface area contributed by atoms with Crippen molar-refractivity contribution in [2.75, 3.05) is 38.7 Å². The number of benzene rings is 1. The molecule has 146 valence electrons. The van der Waals surface area contributed by atoms with Crippen LogP contribution in [0.3, 0.4) is 0 Å². The molecule has 10 heteroatoms. The quantitative estimate of drug-likeness (QED) is 0.671. The second kappa shape index (κ2) is 8.58. The van der Waals surface area contributed by atoms with Gasteiger partial charge in [0.2, 0.25) is 0 Å². The Hall–Kier alpha value is -3.01. The number of halogens is 2. The number of β-amino-alcohol motifs (C(OH)–C–C–N with tert-alkyl or cyclic N) is 1. The number of ether oxygens (including phenoxy) is 2. The summed E-state index contributed by atoms with van der Waals surface area (Å²) >= 11 is 0. The molecule has 1 aliphatic rings. The molecule has 0 aromatic heterocycles. The van der Waals surface area contributed by atoms with Crippen LogP contribution >= 0.6 is 0 Å². The van der Waals surface area contributed by atoms with Crippen LogP contribution in [0.4, 0.5) is 14.5 Å². The minimum Gasteiger partial charge on any atom is -0.466 e. The highest BCUT2D eigenvalue weighted by Crippen LogP contribution is 2.25. The molecule has 8 nitrogen and oxygen atoms in total. The zero-order chi connectivity index (χ0) is 20.1. The molecule has 1 heterocycles. The van der Waals surface area contributed by atoms with E-state index in [0.717, 1.165) is 19.2 Å². The molecule has 0 radical (unpaired) electrons. The van der Waals surface area contributed by atoms with Crippen molar-refractivity contribution in [3.8, 4) is 0 Å². The van der Waals surface area contributed by atoms with Crippen LogP contribution in [0, 0.1) is 11.6 Å². The molecule has 0 saturated heterocycles. The first-order chi connectivity index (χ1) is 12.8. The standard InChI is InChI=1S/C17H18F2N2O6/c1-3-27-17(25)13-11(18)6-9(7-12(13)19)20-14-10(16(24)26-2)8-21(4-5-22)15(14)23/h6-7,20,22H,3-5,8H2,1-2H3. The number of esters is 2. The molecule has 0 saturated carbocycles. The van der Waals surface area contributed by atoms with Crippen molar-refractivity contribution in [1.29, 1.82) is 0 Å². The fraction of sp³-hybridized carbons (Fsp3) is 0.353. The van der Waals surface area contributed by atoms with E-state index in [0.29, 0.717) is 0 Å². The van der Waals surface area contributed by atoms with Gasteiger partial charge < -0.3 is 24.8 Å². The predicted molar refractivity (Wildman–Crippen MR) is 88.6 cm³/mol. The van der Waals surface area contributed by atoms with Crippen LogP contribution in [0.25, 0.3) is 0 Å². The molecule has 0 spiro atoms. The molecule has 1 aromatic carbocycles. The molecule has 0 fully saturated rings. The van der Waals surface area contributed by atoms with Crippen LogP contribution in [0.1, 0.15) is 17.3 Å². The summed E-state index contributed by atoms with van der Waals surface area (Å²) < 4.78 is 37.5. The Morgan fingerprint density at radius 2 is 1.89 bits per heavy atom. The van der Waals surface area contributed by atoms with Gasteiger partial charge in [0, 0.05) is 12.2 Å². The topological polar surface area (TPSA) is 105 Å². The van der Waals surface area contributed by atoms with E-state index in [2.05, 4.69) is 14.8 Å². The number of hydrogen-bond donors (Lipinski definition) is 2. The number of hydrogen-bond acceptors (Lipinski definition) is 7. The maximum absolute atomic E-state index is 14.2. The number of rotatable bonds is 7. The Morgan fingerprint density at radius 3 is 2.41 bits per heavy atom. The Kier molecular flexibility index (Phi) is 6.45. The van der Waals surface area contributed by atoms with Gasteiger partial charge in [0.05, 0.1) is 32.4 Å². The van der Waals surface area contributed by atoms with Crippen LogP contribution in [-0.2, 0) is 19.1 Å². The number of carbonyl (C=O) groups is 3. The van der Waals surface area contributed by atoms with Crippen molar-refractivity contribution < 1.29 is 37.7 Å². The van der Waals surface area contributed by atoms with Gasteiger partial charge in [0.15, 0.2) is 0 Å². The zero-order valence-electron chi connectivity index (χ0n) is 14.7. The largest absolute Gasteiger partial charge is 0.466 e. The lowest BCUT2D eigenvalue weighted by atomic mass is 10.1. The van der Waals surface area contributed by atoms with E-state index >= 15 is 0 Å². The van der Waals surface area contributed by atoms with Gasteiger partial charge >= 0.3 is 11.9 Å². The third-order valence-corrected chi connectivity index (χ3v) is 3.74. The van der Waals surface area contributed by atoms with Gasteiger partial charge in [-0.05, 0) is 19.1 Å². The van der Waals surface area contributed by atoms with Crippen LogP contribution in [0.15, 0.2) is 23.4 Å². The molecule has 1 aromatic rings. The maximum atomic E-state index is 14.2. The highest BCUT2D eigenvalue weighted by molar-refractivity contribution is 6.08. The van der Waals surface area contributed by atoms with Crippen molar-refractivity contribution in [3.63, 3.8) is 0 Å². The van der Waals surface area contributed by atoms with Gasteiger partial charge in [-0.25, -0.2) is 18.4 Å². The second-order valence-corrected chi connectivity index (χ2v) is 5.46. The number of methoxy groups -OCH3 is 1. The molecule has 1 amide bonds. The number of carbonyl (C=O) groups excluding carboxylic acids is 3. The third kappa shape index (κ3) is 4.22. The van der Waals surface area contributed by atoms with E-state index in [1.807, 2.05) is 0 Å². The van der Waals surface area contributed by atoms with Gasteiger partial charge in [-0.2, -0.15) is 0 Å². The van der Waals surface area contributed by atoms with Gasteiger partial charge in [0.25, 0.3) is 5.91 Å². The number of amides is 1. The van der Waals surface area contributed by atoms with Crippen LogP contribution in [-0.4, -0.2) is 61.3 Å². The van der Waals surface area contributed by atoms with Crippen LogP contribution in [0.5, 0.6) is 0 Å². The van der Waals surface area contributed by atoms with Gasteiger partial charge in [0.1, 0.15) is 22.9 Å². The SMILES string of the molecule is CCOC(=O)c1c(F)cc(NC2=C(C(=O)OC)CN(CCO)C2=O)cc1F. The Morgan fingerprint density at radius 1 is 1.26 bits per heavy atom. The number of nitrogens with one attached hydrogen (secondary N) is 1. The Bertz CT molecular complexity index is 786. The van der Waals surface area contributed by atoms with Crippen LogP contribution in [0.2, 0.25) is 0 Å². The van der Waals surface area contributed by atoms with Gasteiger partial charge in [-0.15, -0.1) is 0 Å². The summed E-state index contributed by atoms with van der Waals surface area (Å²) in [7, 11) is 1.12. The summed E-state index contributed by atoms with van der Waals surface area (Å²) in [4.78, 5) is 37.1. The number of anilines is 1. The number of aliphatic hydroxyl groups is 1. The highest BCUT2D eigenvalue weighted by Gasteiger charge is 2.34. The summed E-state index contributed by atoms with van der Waals surface area (Å²) in [5.41, 5.74) is -1.32. The summed E-state index contributed by atoms with van der Waals surface area (Å²) in [6.45, 7) is 0.955. The van der Waals surface area contributed by atoms with Gasteiger partial charge in [-0.3, -0.25) is 4.79 Å². The summed E-state index contributed by atoms with van der Waals surface area (Å²) in [5, 5.41) is 11.5. The first-order valence-corrected chi connectivity index (χ1v) is 7.98. The van der Waals surface area contributed by atoms with Gasteiger partial charge in [-0.1, -0.05) is 0 Å². The Labute approximate surface area is 153 Å². The average Bonchev–Trinajstić information content (AvgIpc) is 2.91. The molecule has 0 bridgehead atoms. The van der Waals surface area contributed by atoms with Crippen molar-refractivity contribution in [2.24, 2.45) is 0 Å². The van der Waals surface area contributed by atoms with E-state index in [1.54, 1.807) is 0 Å². The Balaban J connectivity index is 2.37. The van der Waals surface area contributed by atoms with E-state index < -0.39 is 35.0 Å². The van der Waals surface area contributed by atoms with Crippen LogP contribution < -0.4 is 5.32 Å². The average molecular weight is 384 g/mol. The third-order valence-electron chi connectivity index (χ3n) is 3.74. The maximum Gasteiger partial charge on any atom is 0.344 e. The molecular formula is C17H18F2N2O6. The molecule has 1 aliphatic heterocycles. The van der Waals surface area contributed by atoms with E-state index in [4.69, 9.17) is 5.11 Å². The fourth-order valence-corrected chi connectivity index (χ4v) is 2.54. The summed E-state index contributed by atoms with van der Waals surface area (Å²) in [5.74, 6) is -4.96. The molecule has 2 N–H and O–H groups in total. The number of nitrogens with zero attached hydrogens (tertiary/aromatic N) is 1. The number of aliphatic hydroxyl groups excluding tert-OH is 1. The van der Waals surface area contributed by atoms with Crippen molar-refractivity contribution in [2.45, 2.75) is 6.92 Å². The molecule has 0 unspecified atom stereocenters. The minimum absolute atomic E-state index is 0.0327. The summed E-state index contributed by atoms with van der Waals surface area (Å²) in [6, 6.07) is 1.61. The molecule has 27 heavy (non-hydrogen) atoms. The lowest BCUT2D eigenvalue weighted by Crippen LogP contribution is -2.31. The zero-order valence-corrected chi connectivity index (χ0v) is 14.7. The fourth-order valence-electron chi connectivity index (χ4n) is 2.54. The van der Waals surface area contributed by atoms with Crippen molar-refractivity contribution in [3.05, 3.63) is 40.6 Å². The molecule has 0 atom stereocenters. The highest BCUT2D eigenvalue weighted by atomic mass is 19.1. The normalized spacial score (nSPS) is 13.8. The summed E-state index contributed by atoms with van der Waals surface area (Å²) in [6.07, 6.45) is 0. The smallest absolute Gasteiger partial charge is 0.344 e. The van der Waals surface area contributed by atoms with Crippen molar-refractivity contribution >= 4 is 23.5 Å². The monoisotopic (exact) mass is 384 g/mol. The molecule has 2 rings (SSSR count). The van der Waals surface area contributed by atoms with E-state index in [1.165, 1.54) is 11.8 Å². The minimum atomic E-state index is -1.19. The predicted octanol–water partition coefficient (Wildman–Crippen LogP) is 0.815. The lowest BCUT2D eigenvalue weighted by Gasteiger charge is -2.15. The second-order valence-electron chi connectivity index (χ2n) is 5.46. The van der Waals surface area contributed by atoms with Crippen molar-refractivity contribution in [1.82, 2.24) is 4.90 Å².